The number of methoxy groups -OCH3 is 1. The fourth-order valence-electron chi connectivity index (χ4n) is 2.25. The van der Waals surface area contributed by atoms with Gasteiger partial charge in [-0.3, -0.25) is 4.90 Å². The summed E-state index contributed by atoms with van der Waals surface area (Å²) in [6.45, 7) is 5.93. The highest BCUT2D eigenvalue weighted by atomic mass is 16.5. The van der Waals surface area contributed by atoms with Gasteiger partial charge in [0.2, 0.25) is 0 Å². The summed E-state index contributed by atoms with van der Waals surface area (Å²) >= 11 is 0. The highest BCUT2D eigenvalue weighted by Crippen LogP contribution is 2.34. The van der Waals surface area contributed by atoms with Crippen LogP contribution in [0.2, 0.25) is 0 Å². The third kappa shape index (κ3) is 3.70. The summed E-state index contributed by atoms with van der Waals surface area (Å²) in [5, 5.41) is 9.53. The zero-order valence-electron chi connectivity index (χ0n) is 10.7. The lowest BCUT2D eigenvalue weighted by Gasteiger charge is -2.37. The molecule has 4 heteroatoms. The van der Waals surface area contributed by atoms with E-state index in [0.29, 0.717) is 18.6 Å². The van der Waals surface area contributed by atoms with Crippen LogP contribution >= 0.6 is 0 Å². The van der Waals surface area contributed by atoms with Gasteiger partial charge in [-0.25, -0.2) is 0 Å². The van der Waals surface area contributed by atoms with Gasteiger partial charge in [0.15, 0.2) is 0 Å². The molecular formula is C12H26N2O2. The second-order valence-corrected chi connectivity index (χ2v) is 4.99. The van der Waals surface area contributed by atoms with Crippen LogP contribution in [0.15, 0.2) is 0 Å². The molecule has 0 heterocycles. The molecule has 0 amide bonds. The van der Waals surface area contributed by atoms with Crippen molar-refractivity contribution in [3.8, 4) is 0 Å². The minimum absolute atomic E-state index is 0.0719. The molecule has 3 N–H and O–H groups in total. The summed E-state index contributed by atoms with van der Waals surface area (Å²) in [5.74, 6) is 0.612. The predicted molar refractivity (Wildman–Crippen MR) is 65.3 cm³/mol. The van der Waals surface area contributed by atoms with Gasteiger partial charge in [-0.1, -0.05) is 0 Å². The molecule has 0 radical (unpaired) electrons. The summed E-state index contributed by atoms with van der Waals surface area (Å²) in [4.78, 5) is 2.26. The van der Waals surface area contributed by atoms with E-state index < -0.39 is 0 Å². The lowest BCUT2D eigenvalue weighted by atomic mass is 10.0. The van der Waals surface area contributed by atoms with E-state index >= 15 is 0 Å². The predicted octanol–water partition coefficient (Wildman–Crippen LogP) is 0.441. The van der Waals surface area contributed by atoms with E-state index in [4.69, 9.17) is 10.5 Å². The maximum absolute atomic E-state index is 9.53. The highest BCUT2D eigenvalue weighted by molar-refractivity contribution is 4.93. The Morgan fingerprint density at radius 3 is 2.44 bits per heavy atom. The van der Waals surface area contributed by atoms with Crippen molar-refractivity contribution in [1.29, 1.82) is 0 Å². The molecule has 0 aromatic rings. The molecule has 1 aliphatic carbocycles. The quantitative estimate of drug-likeness (QED) is 0.635. The average molecular weight is 230 g/mol. The molecule has 16 heavy (non-hydrogen) atoms. The number of nitrogens with zero attached hydrogens (tertiary/aromatic N) is 1. The van der Waals surface area contributed by atoms with Gasteiger partial charge in [0, 0.05) is 31.8 Å². The summed E-state index contributed by atoms with van der Waals surface area (Å²) in [6, 6.07) is 0.559. The summed E-state index contributed by atoms with van der Waals surface area (Å²) in [5.41, 5.74) is 6.20. The minimum atomic E-state index is 0.0719. The second-order valence-electron chi connectivity index (χ2n) is 4.99. The average Bonchev–Trinajstić information content (AvgIpc) is 3.06. The molecule has 2 unspecified atom stereocenters. The van der Waals surface area contributed by atoms with Crippen LogP contribution in [0.5, 0.6) is 0 Å². The van der Waals surface area contributed by atoms with E-state index in [-0.39, 0.29) is 18.7 Å². The van der Waals surface area contributed by atoms with E-state index in [1.807, 2.05) is 0 Å². The molecule has 0 spiro atoms. The molecule has 4 nitrogen and oxygen atoms in total. The molecule has 1 fully saturated rings. The van der Waals surface area contributed by atoms with Gasteiger partial charge in [0.05, 0.1) is 13.2 Å². The van der Waals surface area contributed by atoms with E-state index in [1.165, 1.54) is 12.8 Å². The van der Waals surface area contributed by atoms with Crippen molar-refractivity contribution in [2.75, 3.05) is 26.9 Å². The zero-order valence-corrected chi connectivity index (χ0v) is 10.7. The number of nitrogens with two attached hydrogens (primary N) is 1. The largest absolute Gasteiger partial charge is 0.395 e. The zero-order chi connectivity index (χ0) is 12.1. The Morgan fingerprint density at radius 1 is 1.44 bits per heavy atom. The SMILES string of the molecule is COCCN(C(C)C)C(CO)C(N)C1CC1. The van der Waals surface area contributed by atoms with Crippen molar-refractivity contribution in [2.24, 2.45) is 11.7 Å². The first-order valence-corrected chi connectivity index (χ1v) is 6.23. The molecule has 0 aliphatic heterocycles. The van der Waals surface area contributed by atoms with E-state index in [1.54, 1.807) is 7.11 Å². The van der Waals surface area contributed by atoms with Crippen LogP contribution in [0.4, 0.5) is 0 Å². The number of rotatable bonds is 8. The fraction of sp³-hybridized carbons (Fsp3) is 1.00. The first-order valence-electron chi connectivity index (χ1n) is 6.23. The Balaban J connectivity index is 2.56. The third-order valence-corrected chi connectivity index (χ3v) is 3.44. The molecule has 0 aromatic carbocycles. The Morgan fingerprint density at radius 2 is 2.06 bits per heavy atom. The summed E-state index contributed by atoms with van der Waals surface area (Å²) in [7, 11) is 1.70. The van der Waals surface area contributed by atoms with Crippen molar-refractivity contribution < 1.29 is 9.84 Å². The van der Waals surface area contributed by atoms with Crippen molar-refractivity contribution in [3.05, 3.63) is 0 Å². The van der Waals surface area contributed by atoms with E-state index in [0.717, 1.165) is 6.54 Å². The van der Waals surface area contributed by atoms with Crippen LogP contribution in [-0.4, -0.2) is 55.0 Å². The summed E-state index contributed by atoms with van der Waals surface area (Å²) < 4.78 is 5.11. The normalized spacial score (nSPS) is 20.4. The Labute approximate surface area is 98.8 Å². The van der Waals surface area contributed by atoms with Crippen molar-refractivity contribution in [1.82, 2.24) is 4.90 Å². The Kier molecular flexibility index (Phi) is 5.69. The molecule has 1 aliphatic rings. The molecule has 1 rings (SSSR count). The molecule has 0 bridgehead atoms. The van der Waals surface area contributed by atoms with Gasteiger partial charge in [0.1, 0.15) is 0 Å². The molecule has 2 atom stereocenters. The molecule has 0 saturated heterocycles. The van der Waals surface area contributed by atoms with Crippen LogP contribution in [0.1, 0.15) is 26.7 Å². The maximum atomic E-state index is 9.53. The van der Waals surface area contributed by atoms with Gasteiger partial charge in [-0.15, -0.1) is 0 Å². The smallest absolute Gasteiger partial charge is 0.0602 e. The van der Waals surface area contributed by atoms with E-state index in [9.17, 15) is 5.11 Å². The van der Waals surface area contributed by atoms with Gasteiger partial charge < -0.3 is 15.6 Å². The van der Waals surface area contributed by atoms with Crippen LogP contribution in [0, 0.1) is 5.92 Å². The third-order valence-electron chi connectivity index (χ3n) is 3.44. The molecule has 0 aromatic heterocycles. The number of aliphatic hydroxyl groups excluding tert-OH is 1. The fourth-order valence-corrected chi connectivity index (χ4v) is 2.25. The van der Waals surface area contributed by atoms with Crippen LogP contribution in [0.25, 0.3) is 0 Å². The Bertz CT molecular complexity index is 195. The van der Waals surface area contributed by atoms with Crippen molar-refractivity contribution in [3.63, 3.8) is 0 Å². The standard InChI is InChI=1S/C12H26N2O2/c1-9(2)14(6-7-16-3)11(8-15)12(13)10-4-5-10/h9-12,15H,4-8,13H2,1-3H3. The molecule has 96 valence electrons. The second kappa shape index (κ2) is 6.55. The molecule has 1 saturated carbocycles. The van der Waals surface area contributed by atoms with Crippen LogP contribution in [0.3, 0.4) is 0 Å². The number of ether oxygens (including phenoxy) is 1. The van der Waals surface area contributed by atoms with Crippen LogP contribution in [-0.2, 0) is 4.74 Å². The number of hydrogen-bond acceptors (Lipinski definition) is 4. The highest BCUT2D eigenvalue weighted by Gasteiger charge is 2.36. The van der Waals surface area contributed by atoms with Gasteiger partial charge in [-0.2, -0.15) is 0 Å². The summed E-state index contributed by atoms with van der Waals surface area (Å²) in [6.07, 6.45) is 2.43. The first-order chi connectivity index (χ1) is 7.61. The number of aliphatic hydroxyl groups is 1. The minimum Gasteiger partial charge on any atom is -0.395 e. The van der Waals surface area contributed by atoms with Crippen LogP contribution < -0.4 is 5.73 Å². The maximum Gasteiger partial charge on any atom is 0.0602 e. The van der Waals surface area contributed by atoms with E-state index in [2.05, 4.69) is 18.7 Å². The van der Waals surface area contributed by atoms with Crippen molar-refractivity contribution in [2.45, 2.75) is 44.8 Å². The monoisotopic (exact) mass is 230 g/mol. The Hall–Kier alpha value is -0.160. The van der Waals surface area contributed by atoms with Crippen molar-refractivity contribution >= 4 is 0 Å². The number of hydrogen-bond donors (Lipinski definition) is 2. The van der Waals surface area contributed by atoms with Gasteiger partial charge in [-0.05, 0) is 32.6 Å². The first kappa shape index (κ1) is 13.9. The lowest BCUT2D eigenvalue weighted by molar-refractivity contribution is 0.0487. The topological polar surface area (TPSA) is 58.7 Å². The van der Waals surface area contributed by atoms with Gasteiger partial charge in [0.25, 0.3) is 0 Å². The van der Waals surface area contributed by atoms with Gasteiger partial charge >= 0.3 is 0 Å². The lowest BCUT2D eigenvalue weighted by Crippen LogP contribution is -2.54. The molecular weight excluding hydrogens is 204 g/mol.